The van der Waals surface area contributed by atoms with Crippen LogP contribution in [0.4, 0.5) is 0 Å². The van der Waals surface area contributed by atoms with Gasteiger partial charge in [-0.1, -0.05) is 6.92 Å². The molecular weight excluding hydrogens is 90.1 g/mol. The second-order valence-electron chi connectivity index (χ2n) is 1.90. The van der Waals surface area contributed by atoms with Crippen molar-refractivity contribution in [3.63, 3.8) is 0 Å². The molecule has 2 atom stereocenters. The van der Waals surface area contributed by atoms with Gasteiger partial charge in [0.05, 0.1) is 6.10 Å². The normalized spacial score (nSPS) is 44.6. The quantitative estimate of drug-likeness (QED) is 0.443. The summed E-state index contributed by atoms with van der Waals surface area (Å²) in [6.45, 7) is 1.95. The van der Waals surface area contributed by atoms with E-state index in [1.165, 1.54) is 6.20 Å². The Bertz CT molecular complexity index is 98.6. The van der Waals surface area contributed by atoms with E-state index in [0.29, 0.717) is 5.92 Å². The van der Waals surface area contributed by atoms with Gasteiger partial charge in [0.2, 0.25) is 0 Å². The zero-order valence-electron chi connectivity index (χ0n) is 4.26. The van der Waals surface area contributed by atoms with Gasteiger partial charge in [-0.05, 0) is 11.8 Å². The molecule has 1 aliphatic carbocycles. The summed E-state index contributed by atoms with van der Waals surface area (Å²) in [5, 5.41) is 8.75. The van der Waals surface area contributed by atoms with Crippen LogP contribution in [0.3, 0.4) is 0 Å². The standard InChI is InChI=1S/C5H9NO/c1-3-4(2-6)5(3)7/h2-3,5,7H,6H2,1H3/b4-2-. The smallest absolute Gasteiger partial charge is 0.0834 e. The first-order chi connectivity index (χ1) is 3.27. The molecule has 1 rings (SSSR count). The highest BCUT2D eigenvalue weighted by molar-refractivity contribution is 5.28. The molecule has 2 nitrogen and oxygen atoms in total. The fourth-order valence-electron chi connectivity index (χ4n) is 0.652. The predicted octanol–water partition coefficient (Wildman–Crippen LogP) is -0.160. The minimum absolute atomic E-state index is 0.231. The van der Waals surface area contributed by atoms with Crippen LogP contribution in [0.2, 0.25) is 0 Å². The van der Waals surface area contributed by atoms with Crippen molar-refractivity contribution < 1.29 is 5.11 Å². The third-order valence-corrected chi connectivity index (χ3v) is 1.42. The summed E-state index contributed by atoms with van der Waals surface area (Å²) in [6, 6.07) is 0. The fraction of sp³-hybridized carbons (Fsp3) is 0.600. The van der Waals surface area contributed by atoms with E-state index < -0.39 is 0 Å². The lowest BCUT2D eigenvalue weighted by molar-refractivity contribution is 0.271. The van der Waals surface area contributed by atoms with Gasteiger partial charge in [-0.15, -0.1) is 0 Å². The van der Waals surface area contributed by atoms with E-state index in [-0.39, 0.29) is 6.10 Å². The van der Waals surface area contributed by atoms with Gasteiger partial charge in [-0.3, -0.25) is 0 Å². The molecule has 1 fully saturated rings. The largest absolute Gasteiger partial charge is 0.405 e. The van der Waals surface area contributed by atoms with Gasteiger partial charge in [0, 0.05) is 5.92 Å². The molecule has 0 aromatic heterocycles. The molecular formula is C5H9NO. The summed E-state index contributed by atoms with van der Waals surface area (Å²) in [6.07, 6.45) is 1.25. The van der Waals surface area contributed by atoms with Gasteiger partial charge in [0.25, 0.3) is 0 Å². The lowest BCUT2D eigenvalue weighted by atomic mass is 10.5. The number of hydrogen-bond donors (Lipinski definition) is 2. The van der Waals surface area contributed by atoms with Crippen LogP contribution < -0.4 is 5.73 Å². The Morgan fingerprint density at radius 2 is 2.29 bits per heavy atom. The second kappa shape index (κ2) is 1.23. The lowest BCUT2D eigenvalue weighted by Gasteiger charge is -1.67. The average Bonchev–Trinajstić information content (AvgIpc) is 2.17. The molecule has 0 bridgehead atoms. The summed E-state index contributed by atoms with van der Waals surface area (Å²) in [5.74, 6) is 0.324. The van der Waals surface area contributed by atoms with Crippen LogP contribution in [0.1, 0.15) is 6.92 Å². The Labute approximate surface area is 42.6 Å². The summed E-state index contributed by atoms with van der Waals surface area (Å²) in [7, 11) is 0. The topological polar surface area (TPSA) is 46.2 Å². The maximum Gasteiger partial charge on any atom is 0.0834 e. The summed E-state index contributed by atoms with van der Waals surface area (Å²) >= 11 is 0. The van der Waals surface area contributed by atoms with Crippen LogP contribution in [0.25, 0.3) is 0 Å². The van der Waals surface area contributed by atoms with E-state index in [9.17, 15) is 0 Å². The molecule has 40 valence electrons. The first-order valence-corrected chi connectivity index (χ1v) is 2.37. The Morgan fingerprint density at radius 3 is 2.29 bits per heavy atom. The number of aliphatic hydroxyl groups excluding tert-OH is 1. The van der Waals surface area contributed by atoms with Crippen LogP contribution in [0.15, 0.2) is 11.8 Å². The van der Waals surface area contributed by atoms with Crippen molar-refractivity contribution in [3.8, 4) is 0 Å². The fourth-order valence-corrected chi connectivity index (χ4v) is 0.652. The highest BCUT2D eigenvalue weighted by atomic mass is 16.3. The van der Waals surface area contributed by atoms with Crippen molar-refractivity contribution in [1.29, 1.82) is 0 Å². The third-order valence-electron chi connectivity index (χ3n) is 1.42. The van der Waals surface area contributed by atoms with E-state index in [1.807, 2.05) is 6.92 Å². The van der Waals surface area contributed by atoms with Gasteiger partial charge in [0.1, 0.15) is 0 Å². The molecule has 1 aliphatic rings. The third kappa shape index (κ3) is 0.509. The molecule has 0 aliphatic heterocycles. The Morgan fingerprint density at radius 1 is 1.86 bits per heavy atom. The SMILES string of the molecule is CC1/C(=C/N)C1O. The van der Waals surface area contributed by atoms with Gasteiger partial charge < -0.3 is 10.8 Å². The monoisotopic (exact) mass is 99.1 g/mol. The molecule has 0 spiro atoms. The number of nitrogens with two attached hydrogens (primary N) is 1. The van der Waals surface area contributed by atoms with Crippen molar-refractivity contribution in [2.24, 2.45) is 11.7 Å². The van der Waals surface area contributed by atoms with E-state index in [1.54, 1.807) is 0 Å². The Kier molecular flexibility index (Phi) is 0.820. The van der Waals surface area contributed by atoms with Gasteiger partial charge in [-0.2, -0.15) is 0 Å². The molecule has 0 radical (unpaired) electrons. The van der Waals surface area contributed by atoms with Gasteiger partial charge in [-0.25, -0.2) is 0 Å². The predicted molar refractivity (Wildman–Crippen MR) is 27.4 cm³/mol. The van der Waals surface area contributed by atoms with E-state index in [4.69, 9.17) is 10.8 Å². The zero-order valence-corrected chi connectivity index (χ0v) is 4.26. The summed E-state index contributed by atoms with van der Waals surface area (Å²) in [4.78, 5) is 0. The van der Waals surface area contributed by atoms with Crippen LogP contribution >= 0.6 is 0 Å². The van der Waals surface area contributed by atoms with Crippen LogP contribution in [0.5, 0.6) is 0 Å². The van der Waals surface area contributed by atoms with Crippen molar-refractivity contribution in [2.75, 3.05) is 0 Å². The van der Waals surface area contributed by atoms with Crippen molar-refractivity contribution in [1.82, 2.24) is 0 Å². The van der Waals surface area contributed by atoms with E-state index >= 15 is 0 Å². The Hall–Kier alpha value is -0.500. The molecule has 0 heterocycles. The van der Waals surface area contributed by atoms with Crippen molar-refractivity contribution in [2.45, 2.75) is 13.0 Å². The molecule has 0 aromatic carbocycles. The molecule has 3 N–H and O–H groups in total. The van der Waals surface area contributed by atoms with Gasteiger partial charge in [0.15, 0.2) is 0 Å². The van der Waals surface area contributed by atoms with Crippen molar-refractivity contribution >= 4 is 0 Å². The maximum absolute atomic E-state index is 8.75. The summed E-state index contributed by atoms with van der Waals surface area (Å²) < 4.78 is 0. The molecule has 0 amide bonds. The number of rotatable bonds is 0. The number of aliphatic hydroxyl groups is 1. The Balaban J connectivity index is 2.54. The zero-order chi connectivity index (χ0) is 5.44. The van der Waals surface area contributed by atoms with E-state index in [0.717, 1.165) is 5.57 Å². The molecule has 0 saturated heterocycles. The molecule has 2 heteroatoms. The van der Waals surface area contributed by atoms with E-state index in [2.05, 4.69) is 0 Å². The highest BCUT2D eigenvalue weighted by Gasteiger charge is 2.37. The number of hydrogen-bond acceptors (Lipinski definition) is 2. The molecule has 1 saturated carbocycles. The van der Waals surface area contributed by atoms with Crippen LogP contribution in [-0.4, -0.2) is 11.2 Å². The minimum Gasteiger partial charge on any atom is -0.405 e. The first kappa shape index (κ1) is 4.65. The van der Waals surface area contributed by atoms with Crippen LogP contribution in [0, 0.1) is 5.92 Å². The highest BCUT2D eigenvalue weighted by Crippen LogP contribution is 2.35. The minimum atomic E-state index is -0.231. The first-order valence-electron chi connectivity index (χ1n) is 2.37. The molecule has 2 unspecified atom stereocenters. The van der Waals surface area contributed by atoms with Crippen LogP contribution in [-0.2, 0) is 0 Å². The van der Waals surface area contributed by atoms with Crippen molar-refractivity contribution in [3.05, 3.63) is 11.8 Å². The maximum atomic E-state index is 8.75. The average molecular weight is 99.1 g/mol. The summed E-state index contributed by atoms with van der Waals surface area (Å²) in [5.41, 5.74) is 6.06. The molecule has 7 heavy (non-hydrogen) atoms. The second-order valence-corrected chi connectivity index (χ2v) is 1.90. The van der Waals surface area contributed by atoms with Gasteiger partial charge >= 0.3 is 0 Å². The molecule has 0 aromatic rings. The lowest BCUT2D eigenvalue weighted by Crippen LogP contribution is -1.78.